The first-order chi connectivity index (χ1) is 9.79. The van der Waals surface area contributed by atoms with Crippen LogP contribution in [0.4, 0.5) is 4.39 Å². The first-order valence-corrected chi connectivity index (χ1v) is 8.01. The second kappa shape index (κ2) is 8.35. The summed E-state index contributed by atoms with van der Waals surface area (Å²) in [7, 11) is 0. The first kappa shape index (κ1) is 15.4. The lowest BCUT2D eigenvalue weighted by Gasteiger charge is -2.04. The zero-order chi connectivity index (χ0) is 14.2. The van der Waals surface area contributed by atoms with E-state index >= 15 is 0 Å². The standard InChI is InChI=1S/C15H17ClFNOS/c16-9-13-11-20-15(18-13)7-3-4-8-19-10-12-5-1-2-6-14(12)17/h1-2,5-6,11H,3-4,7-10H2. The Morgan fingerprint density at radius 2 is 2.10 bits per heavy atom. The lowest BCUT2D eigenvalue weighted by Crippen LogP contribution is -1.98. The molecule has 2 aromatic rings. The van der Waals surface area contributed by atoms with Crippen molar-refractivity contribution in [3.63, 3.8) is 0 Å². The van der Waals surface area contributed by atoms with E-state index in [-0.39, 0.29) is 5.82 Å². The van der Waals surface area contributed by atoms with Gasteiger partial charge in [0.1, 0.15) is 5.82 Å². The summed E-state index contributed by atoms with van der Waals surface area (Å²) in [6.45, 7) is 0.975. The maximum atomic E-state index is 13.3. The highest BCUT2D eigenvalue weighted by Crippen LogP contribution is 2.14. The second-order valence-corrected chi connectivity index (χ2v) is 5.68. The van der Waals surface area contributed by atoms with Gasteiger partial charge < -0.3 is 4.74 Å². The van der Waals surface area contributed by atoms with Gasteiger partial charge in [0.2, 0.25) is 0 Å². The van der Waals surface area contributed by atoms with Crippen molar-refractivity contribution in [3.8, 4) is 0 Å². The van der Waals surface area contributed by atoms with Crippen LogP contribution in [0.2, 0.25) is 0 Å². The number of rotatable bonds is 8. The summed E-state index contributed by atoms with van der Waals surface area (Å²) in [6, 6.07) is 6.70. The maximum absolute atomic E-state index is 13.3. The molecule has 0 aliphatic carbocycles. The van der Waals surface area contributed by atoms with Crippen molar-refractivity contribution in [2.24, 2.45) is 0 Å². The van der Waals surface area contributed by atoms with Gasteiger partial charge in [-0.3, -0.25) is 0 Å². The molecule has 0 N–H and O–H groups in total. The Hall–Kier alpha value is -0.970. The van der Waals surface area contributed by atoms with E-state index in [1.54, 1.807) is 23.5 Å². The van der Waals surface area contributed by atoms with Crippen LogP contribution in [0.5, 0.6) is 0 Å². The molecule has 2 rings (SSSR count). The summed E-state index contributed by atoms with van der Waals surface area (Å²) in [4.78, 5) is 4.40. The Labute approximate surface area is 127 Å². The van der Waals surface area contributed by atoms with E-state index in [1.165, 1.54) is 6.07 Å². The Balaban J connectivity index is 1.59. The van der Waals surface area contributed by atoms with Crippen LogP contribution >= 0.6 is 22.9 Å². The summed E-state index contributed by atoms with van der Waals surface area (Å²) in [6.07, 6.45) is 2.92. The molecule has 0 radical (unpaired) electrons. The molecule has 1 aromatic carbocycles. The minimum Gasteiger partial charge on any atom is -0.377 e. The van der Waals surface area contributed by atoms with Gasteiger partial charge in [-0.05, 0) is 25.3 Å². The van der Waals surface area contributed by atoms with Crippen LogP contribution in [0.25, 0.3) is 0 Å². The predicted molar refractivity (Wildman–Crippen MR) is 80.7 cm³/mol. The summed E-state index contributed by atoms with van der Waals surface area (Å²) in [5, 5.41) is 3.12. The number of nitrogens with zero attached hydrogens (tertiary/aromatic N) is 1. The molecule has 108 valence electrons. The summed E-state index contributed by atoms with van der Waals surface area (Å²) < 4.78 is 18.8. The summed E-state index contributed by atoms with van der Waals surface area (Å²) in [5.74, 6) is 0.270. The lowest BCUT2D eigenvalue weighted by molar-refractivity contribution is 0.115. The number of halogens is 2. The van der Waals surface area contributed by atoms with E-state index in [0.717, 1.165) is 30.0 Å². The van der Waals surface area contributed by atoms with Gasteiger partial charge in [0, 0.05) is 17.6 Å². The van der Waals surface area contributed by atoms with Gasteiger partial charge in [0.15, 0.2) is 0 Å². The minimum absolute atomic E-state index is 0.205. The third-order valence-corrected chi connectivity index (χ3v) is 4.11. The zero-order valence-corrected chi connectivity index (χ0v) is 12.7. The molecule has 1 heterocycles. The smallest absolute Gasteiger partial charge is 0.128 e. The fourth-order valence-corrected chi connectivity index (χ4v) is 2.87. The van der Waals surface area contributed by atoms with E-state index in [2.05, 4.69) is 4.98 Å². The summed E-state index contributed by atoms with van der Waals surface area (Å²) >= 11 is 7.36. The van der Waals surface area contributed by atoms with Crippen molar-refractivity contribution in [3.05, 3.63) is 51.7 Å². The van der Waals surface area contributed by atoms with E-state index in [1.807, 2.05) is 11.4 Å². The quantitative estimate of drug-likeness (QED) is 0.526. The highest BCUT2D eigenvalue weighted by molar-refractivity contribution is 7.09. The number of aryl methyl sites for hydroxylation is 1. The van der Waals surface area contributed by atoms with Crippen molar-refractivity contribution >= 4 is 22.9 Å². The molecule has 0 atom stereocenters. The van der Waals surface area contributed by atoms with Gasteiger partial charge >= 0.3 is 0 Å². The molecule has 0 spiro atoms. The number of unbranched alkanes of at least 4 members (excludes halogenated alkanes) is 1. The van der Waals surface area contributed by atoms with Crippen LogP contribution < -0.4 is 0 Å². The number of benzene rings is 1. The van der Waals surface area contributed by atoms with Gasteiger partial charge in [0.05, 0.1) is 23.2 Å². The van der Waals surface area contributed by atoms with Gasteiger partial charge in [-0.1, -0.05) is 18.2 Å². The Kier molecular flexibility index (Phi) is 6.43. The van der Waals surface area contributed by atoms with Crippen molar-refractivity contribution in [1.82, 2.24) is 4.98 Å². The van der Waals surface area contributed by atoms with E-state index in [9.17, 15) is 4.39 Å². The molecule has 0 aliphatic heterocycles. The topological polar surface area (TPSA) is 22.1 Å². The van der Waals surface area contributed by atoms with Crippen LogP contribution in [0.15, 0.2) is 29.6 Å². The molecule has 5 heteroatoms. The maximum Gasteiger partial charge on any atom is 0.128 e. The van der Waals surface area contributed by atoms with Crippen LogP contribution in [0.1, 0.15) is 29.1 Å². The molecule has 2 nitrogen and oxygen atoms in total. The van der Waals surface area contributed by atoms with E-state index in [4.69, 9.17) is 16.3 Å². The lowest BCUT2D eigenvalue weighted by atomic mass is 10.2. The van der Waals surface area contributed by atoms with Gasteiger partial charge in [-0.15, -0.1) is 22.9 Å². The van der Waals surface area contributed by atoms with Crippen LogP contribution in [0, 0.1) is 5.82 Å². The molecule has 0 bridgehead atoms. The largest absolute Gasteiger partial charge is 0.377 e. The predicted octanol–water partition coefficient (Wildman–Crippen LogP) is 4.56. The zero-order valence-electron chi connectivity index (χ0n) is 11.1. The molecule has 0 amide bonds. The monoisotopic (exact) mass is 313 g/mol. The second-order valence-electron chi connectivity index (χ2n) is 4.47. The Morgan fingerprint density at radius 3 is 2.85 bits per heavy atom. The van der Waals surface area contributed by atoms with Crippen LogP contribution in [-0.4, -0.2) is 11.6 Å². The summed E-state index contributed by atoms with van der Waals surface area (Å²) in [5.41, 5.74) is 1.56. The van der Waals surface area contributed by atoms with Gasteiger partial charge in [-0.2, -0.15) is 0 Å². The van der Waals surface area contributed by atoms with Crippen molar-refractivity contribution < 1.29 is 9.13 Å². The average molecular weight is 314 g/mol. The van der Waals surface area contributed by atoms with Gasteiger partial charge in [0.25, 0.3) is 0 Å². The van der Waals surface area contributed by atoms with Crippen molar-refractivity contribution in [2.45, 2.75) is 31.7 Å². The SMILES string of the molecule is Fc1ccccc1COCCCCc1nc(CCl)cs1. The Bertz CT molecular complexity index is 532. The number of ether oxygens (including phenoxy) is 1. The average Bonchev–Trinajstić information content (AvgIpc) is 2.92. The third-order valence-electron chi connectivity index (χ3n) is 2.88. The highest BCUT2D eigenvalue weighted by Gasteiger charge is 2.02. The first-order valence-electron chi connectivity index (χ1n) is 6.60. The number of alkyl halides is 1. The number of thiazole rings is 1. The molecule has 0 unspecified atom stereocenters. The third kappa shape index (κ3) is 4.85. The number of aromatic nitrogens is 1. The normalized spacial score (nSPS) is 10.9. The van der Waals surface area contributed by atoms with Crippen LogP contribution in [-0.2, 0) is 23.6 Å². The molecule has 1 aromatic heterocycles. The van der Waals surface area contributed by atoms with E-state index in [0.29, 0.717) is 24.7 Å². The number of hydrogen-bond acceptors (Lipinski definition) is 3. The van der Waals surface area contributed by atoms with Crippen molar-refractivity contribution in [1.29, 1.82) is 0 Å². The fourth-order valence-electron chi connectivity index (χ4n) is 1.80. The molecule has 0 fully saturated rings. The molecule has 0 aliphatic rings. The minimum atomic E-state index is -0.205. The highest BCUT2D eigenvalue weighted by atomic mass is 35.5. The fraction of sp³-hybridized carbons (Fsp3) is 0.400. The molecule has 0 saturated heterocycles. The van der Waals surface area contributed by atoms with Crippen LogP contribution in [0.3, 0.4) is 0 Å². The van der Waals surface area contributed by atoms with Crippen molar-refractivity contribution in [2.75, 3.05) is 6.61 Å². The number of hydrogen-bond donors (Lipinski definition) is 0. The van der Waals surface area contributed by atoms with E-state index < -0.39 is 0 Å². The molecule has 20 heavy (non-hydrogen) atoms. The molecular formula is C15H17ClFNOS. The van der Waals surface area contributed by atoms with Gasteiger partial charge in [-0.25, -0.2) is 9.37 Å². The Morgan fingerprint density at radius 1 is 1.25 bits per heavy atom. The molecular weight excluding hydrogens is 297 g/mol. The molecule has 0 saturated carbocycles.